The summed E-state index contributed by atoms with van der Waals surface area (Å²) in [5.74, 6) is -1.51. The van der Waals surface area contributed by atoms with Crippen LogP contribution in [-0.2, 0) is 33.9 Å². The van der Waals surface area contributed by atoms with Crippen LogP contribution in [0.5, 0.6) is 0 Å². The summed E-state index contributed by atoms with van der Waals surface area (Å²) in [4.78, 5) is 36.4. The molecule has 1 fully saturated rings. The van der Waals surface area contributed by atoms with Crippen molar-refractivity contribution in [1.82, 2.24) is 9.62 Å². The number of amides is 2. The summed E-state index contributed by atoms with van der Waals surface area (Å²) < 4.78 is 37.0. The fourth-order valence-electron chi connectivity index (χ4n) is 2.82. The summed E-state index contributed by atoms with van der Waals surface area (Å²) in [5, 5.41) is 2.52. The van der Waals surface area contributed by atoms with E-state index in [1.807, 2.05) is 13.8 Å². The van der Waals surface area contributed by atoms with Gasteiger partial charge in [0.2, 0.25) is 15.9 Å². The molecule has 11 heteroatoms. The van der Waals surface area contributed by atoms with Crippen LogP contribution in [0, 0.1) is 0 Å². The van der Waals surface area contributed by atoms with Gasteiger partial charge in [-0.15, -0.1) is 0 Å². The SMILES string of the molecule is CC(=O)Nc1ccc(S(=O)(=O)NCC(=O)OCC(=O)N2C[C@H](C)O[C@@H](C)C2)cc1. The molecule has 2 rings (SSSR count). The Morgan fingerprint density at radius 1 is 1.14 bits per heavy atom. The lowest BCUT2D eigenvalue weighted by Crippen LogP contribution is -2.49. The lowest BCUT2D eigenvalue weighted by atomic mass is 10.2. The Balaban J connectivity index is 1.81. The van der Waals surface area contributed by atoms with Crippen molar-refractivity contribution in [2.75, 3.05) is 31.6 Å². The van der Waals surface area contributed by atoms with Crippen LogP contribution in [-0.4, -0.2) is 69.6 Å². The highest BCUT2D eigenvalue weighted by Crippen LogP contribution is 2.14. The number of nitrogens with zero attached hydrogens (tertiary/aromatic N) is 1. The molecule has 1 heterocycles. The van der Waals surface area contributed by atoms with Crippen molar-refractivity contribution in [2.24, 2.45) is 0 Å². The Labute approximate surface area is 169 Å². The highest BCUT2D eigenvalue weighted by molar-refractivity contribution is 7.89. The van der Waals surface area contributed by atoms with Gasteiger partial charge in [-0.3, -0.25) is 14.4 Å². The van der Waals surface area contributed by atoms with Crippen LogP contribution in [0.4, 0.5) is 5.69 Å². The van der Waals surface area contributed by atoms with E-state index in [9.17, 15) is 22.8 Å². The van der Waals surface area contributed by atoms with E-state index in [1.54, 1.807) is 4.90 Å². The largest absolute Gasteiger partial charge is 0.455 e. The van der Waals surface area contributed by atoms with E-state index in [1.165, 1.54) is 31.2 Å². The molecule has 0 aliphatic carbocycles. The molecule has 2 N–H and O–H groups in total. The van der Waals surface area contributed by atoms with Crippen LogP contribution in [0.1, 0.15) is 20.8 Å². The minimum atomic E-state index is -3.95. The van der Waals surface area contributed by atoms with Gasteiger partial charge in [-0.2, -0.15) is 4.72 Å². The number of ether oxygens (including phenoxy) is 2. The number of nitrogens with one attached hydrogen (secondary N) is 2. The fourth-order valence-corrected chi connectivity index (χ4v) is 3.79. The molecule has 1 saturated heterocycles. The first-order valence-electron chi connectivity index (χ1n) is 9.03. The van der Waals surface area contributed by atoms with Gasteiger partial charge in [-0.1, -0.05) is 0 Å². The van der Waals surface area contributed by atoms with E-state index >= 15 is 0 Å². The topological polar surface area (TPSA) is 131 Å². The van der Waals surface area contributed by atoms with Gasteiger partial charge in [0, 0.05) is 25.7 Å². The third-order valence-electron chi connectivity index (χ3n) is 4.02. The minimum Gasteiger partial charge on any atom is -0.455 e. The average Bonchev–Trinajstić information content (AvgIpc) is 2.63. The Hall–Kier alpha value is -2.50. The van der Waals surface area contributed by atoms with Crippen LogP contribution < -0.4 is 10.0 Å². The summed E-state index contributed by atoms with van der Waals surface area (Å²) >= 11 is 0. The van der Waals surface area contributed by atoms with E-state index in [4.69, 9.17) is 9.47 Å². The molecule has 0 aromatic heterocycles. The molecule has 0 radical (unpaired) electrons. The Kier molecular flexibility index (Phi) is 7.71. The summed E-state index contributed by atoms with van der Waals surface area (Å²) in [5.41, 5.74) is 0.445. The smallest absolute Gasteiger partial charge is 0.321 e. The van der Waals surface area contributed by atoms with Crippen LogP contribution in [0.15, 0.2) is 29.2 Å². The van der Waals surface area contributed by atoms with Crippen molar-refractivity contribution in [3.05, 3.63) is 24.3 Å². The molecule has 0 unspecified atom stereocenters. The summed E-state index contributed by atoms with van der Waals surface area (Å²) in [7, 11) is -3.95. The first-order chi connectivity index (χ1) is 13.6. The van der Waals surface area contributed by atoms with Crippen molar-refractivity contribution in [3.63, 3.8) is 0 Å². The third-order valence-corrected chi connectivity index (χ3v) is 5.44. The first kappa shape index (κ1) is 22.8. The van der Waals surface area contributed by atoms with Crippen molar-refractivity contribution in [3.8, 4) is 0 Å². The molecule has 10 nitrogen and oxygen atoms in total. The fraction of sp³-hybridized carbons (Fsp3) is 0.500. The Morgan fingerprint density at radius 3 is 2.28 bits per heavy atom. The predicted molar refractivity (Wildman–Crippen MR) is 103 cm³/mol. The van der Waals surface area contributed by atoms with Crippen LogP contribution in [0.25, 0.3) is 0 Å². The average molecular weight is 427 g/mol. The van der Waals surface area contributed by atoms with Gasteiger partial charge in [0.15, 0.2) is 6.61 Å². The highest BCUT2D eigenvalue weighted by atomic mass is 32.2. The van der Waals surface area contributed by atoms with Gasteiger partial charge < -0.3 is 19.7 Å². The zero-order valence-electron chi connectivity index (χ0n) is 16.5. The van der Waals surface area contributed by atoms with E-state index in [2.05, 4.69) is 10.0 Å². The maximum Gasteiger partial charge on any atom is 0.321 e. The van der Waals surface area contributed by atoms with Gasteiger partial charge in [0.25, 0.3) is 5.91 Å². The van der Waals surface area contributed by atoms with Crippen LogP contribution in [0.3, 0.4) is 0 Å². The normalized spacial score (nSPS) is 19.5. The summed E-state index contributed by atoms with van der Waals surface area (Å²) in [6.07, 6.45) is -0.218. The second-order valence-electron chi connectivity index (χ2n) is 6.75. The maximum absolute atomic E-state index is 12.2. The maximum atomic E-state index is 12.2. The molecule has 0 bridgehead atoms. The van der Waals surface area contributed by atoms with Crippen molar-refractivity contribution in [1.29, 1.82) is 0 Å². The molecule has 2 amide bonds. The molecule has 0 saturated carbocycles. The molecule has 1 aromatic carbocycles. The molecule has 1 aromatic rings. The molecule has 1 aliphatic rings. The number of sulfonamides is 1. The zero-order chi connectivity index (χ0) is 21.6. The van der Waals surface area contributed by atoms with Gasteiger partial charge in [-0.25, -0.2) is 8.42 Å². The quantitative estimate of drug-likeness (QED) is 0.590. The van der Waals surface area contributed by atoms with Crippen molar-refractivity contribution >= 4 is 33.5 Å². The predicted octanol–water partition coefficient (Wildman–Crippen LogP) is 0.102. The van der Waals surface area contributed by atoms with Crippen LogP contribution >= 0.6 is 0 Å². The van der Waals surface area contributed by atoms with Crippen molar-refractivity contribution in [2.45, 2.75) is 37.9 Å². The van der Waals surface area contributed by atoms with Crippen LogP contribution in [0.2, 0.25) is 0 Å². The zero-order valence-corrected chi connectivity index (χ0v) is 17.3. The second kappa shape index (κ2) is 9.81. The molecule has 0 spiro atoms. The molecule has 1 aliphatic heterocycles. The van der Waals surface area contributed by atoms with Gasteiger partial charge in [0.1, 0.15) is 6.54 Å². The number of hydrogen-bond acceptors (Lipinski definition) is 7. The number of hydrogen-bond donors (Lipinski definition) is 2. The summed E-state index contributed by atoms with van der Waals surface area (Å²) in [6.45, 7) is 4.76. The van der Waals surface area contributed by atoms with E-state index in [-0.39, 0.29) is 28.9 Å². The van der Waals surface area contributed by atoms with Gasteiger partial charge >= 0.3 is 5.97 Å². The highest BCUT2D eigenvalue weighted by Gasteiger charge is 2.26. The molecule has 2 atom stereocenters. The van der Waals surface area contributed by atoms with E-state index < -0.39 is 29.1 Å². The first-order valence-corrected chi connectivity index (χ1v) is 10.5. The second-order valence-corrected chi connectivity index (χ2v) is 8.51. The monoisotopic (exact) mass is 427 g/mol. The number of anilines is 1. The molecular weight excluding hydrogens is 402 g/mol. The lowest BCUT2D eigenvalue weighted by molar-refractivity contribution is -0.156. The number of esters is 1. The van der Waals surface area contributed by atoms with Crippen molar-refractivity contribution < 1.29 is 32.3 Å². The molecule has 160 valence electrons. The number of carbonyl (C=O) groups excluding carboxylic acids is 3. The minimum absolute atomic E-state index is 0.0771. The number of benzene rings is 1. The van der Waals surface area contributed by atoms with Gasteiger partial charge in [0.05, 0.1) is 17.1 Å². The number of carbonyl (C=O) groups is 3. The Bertz CT molecular complexity index is 845. The molecular formula is C18H25N3O7S. The Morgan fingerprint density at radius 2 is 1.72 bits per heavy atom. The third kappa shape index (κ3) is 7.11. The van der Waals surface area contributed by atoms with Gasteiger partial charge in [-0.05, 0) is 38.1 Å². The number of rotatable bonds is 7. The number of morpholine rings is 1. The lowest BCUT2D eigenvalue weighted by Gasteiger charge is -2.35. The standard InChI is InChI=1S/C18H25N3O7S/c1-12-9-21(10-13(2)28-12)17(23)11-27-18(24)8-19-29(25,26)16-6-4-15(5-7-16)20-14(3)22/h4-7,12-13,19H,8-11H2,1-3H3,(H,20,22)/t12-,13-/m0/s1. The van der Waals surface area contributed by atoms with E-state index in [0.29, 0.717) is 18.8 Å². The molecule has 29 heavy (non-hydrogen) atoms. The van der Waals surface area contributed by atoms with E-state index in [0.717, 1.165) is 0 Å². The summed E-state index contributed by atoms with van der Waals surface area (Å²) in [6, 6.07) is 5.45.